The number of benzene rings is 1. The molecule has 0 spiro atoms. The van der Waals surface area contributed by atoms with E-state index in [0.29, 0.717) is 18.7 Å². The normalized spacial score (nSPS) is 14.8. The maximum Gasteiger partial charge on any atom is 0.251 e. The smallest absolute Gasteiger partial charge is 0.251 e. The van der Waals surface area contributed by atoms with E-state index in [0.717, 1.165) is 50.6 Å². The molecule has 1 N–H and O–H groups in total. The van der Waals surface area contributed by atoms with Gasteiger partial charge in [-0.25, -0.2) is 0 Å². The van der Waals surface area contributed by atoms with Gasteiger partial charge in [0.25, 0.3) is 5.91 Å². The van der Waals surface area contributed by atoms with Crippen LogP contribution in [0.1, 0.15) is 22.3 Å². The molecule has 1 amide bonds. The largest absolute Gasteiger partial charge is 0.489 e. The molecule has 1 aliphatic rings. The third-order valence-corrected chi connectivity index (χ3v) is 4.29. The molecule has 0 aliphatic carbocycles. The van der Waals surface area contributed by atoms with Crippen LogP contribution in [0.3, 0.4) is 0 Å². The fourth-order valence-corrected chi connectivity index (χ4v) is 2.78. The van der Waals surface area contributed by atoms with Crippen LogP contribution in [0.15, 0.2) is 48.8 Å². The van der Waals surface area contributed by atoms with E-state index in [-0.39, 0.29) is 5.91 Å². The number of carbonyl (C=O) groups is 1. The van der Waals surface area contributed by atoms with Gasteiger partial charge in [-0.1, -0.05) is 6.07 Å². The summed E-state index contributed by atoms with van der Waals surface area (Å²) in [5, 5.41) is 2.97. The van der Waals surface area contributed by atoms with Gasteiger partial charge >= 0.3 is 0 Å². The van der Waals surface area contributed by atoms with E-state index in [4.69, 9.17) is 9.47 Å². The summed E-state index contributed by atoms with van der Waals surface area (Å²) >= 11 is 0. The lowest BCUT2D eigenvalue weighted by Crippen LogP contribution is -2.38. The second-order valence-corrected chi connectivity index (χ2v) is 6.24. The Hall–Kier alpha value is -2.44. The lowest BCUT2D eigenvalue weighted by molar-refractivity contribution is 0.0374. The van der Waals surface area contributed by atoms with Crippen molar-refractivity contribution < 1.29 is 14.3 Å². The Bertz CT molecular complexity index is 670. The Kier molecular flexibility index (Phi) is 6.98. The Morgan fingerprint density at radius 3 is 2.73 bits per heavy atom. The highest BCUT2D eigenvalue weighted by Gasteiger charge is 2.10. The zero-order valence-corrected chi connectivity index (χ0v) is 14.9. The minimum absolute atomic E-state index is 0.0502. The van der Waals surface area contributed by atoms with Crippen molar-refractivity contribution in [1.82, 2.24) is 15.2 Å². The van der Waals surface area contributed by atoms with Crippen LogP contribution in [0.25, 0.3) is 0 Å². The van der Waals surface area contributed by atoms with Crippen LogP contribution >= 0.6 is 0 Å². The Morgan fingerprint density at radius 1 is 1.19 bits per heavy atom. The van der Waals surface area contributed by atoms with Gasteiger partial charge in [0.1, 0.15) is 12.4 Å². The van der Waals surface area contributed by atoms with Crippen molar-refractivity contribution in [2.75, 3.05) is 39.4 Å². The van der Waals surface area contributed by atoms with E-state index >= 15 is 0 Å². The molecule has 6 nitrogen and oxygen atoms in total. The molecule has 1 aromatic carbocycles. The van der Waals surface area contributed by atoms with Gasteiger partial charge in [-0.3, -0.25) is 14.7 Å². The summed E-state index contributed by atoms with van der Waals surface area (Å²) in [5.74, 6) is 0.684. The predicted molar refractivity (Wildman–Crippen MR) is 99.2 cm³/mol. The third-order valence-electron chi connectivity index (χ3n) is 4.29. The standard InChI is InChI=1S/C20H25N3O3/c24-20(22-9-2-10-23-11-13-25-14-12-23)18-4-6-19(7-5-18)26-16-17-3-1-8-21-15-17/h1,3-8,15H,2,9-14,16H2,(H,22,24). The molecule has 0 radical (unpaired) electrons. The Morgan fingerprint density at radius 2 is 2.00 bits per heavy atom. The van der Waals surface area contributed by atoms with E-state index in [2.05, 4.69) is 15.2 Å². The van der Waals surface area contributed by atoms with Crippen LogP contribution in [0.5, 0.6) is 5.75 Å². The zero-order chi connectivity index (χ0) is 18.0. The van der Waals surface area contributed by atoms with Gasteiger partial charge in [0.15, 0.2) is 0 Å². The summed E-state index contributed by atoms with van der Waals surface area (Å²) < 4.78 is 11.0. The lowest BCUT2D eigenvalue weighted by Gasteiger charge is -2.26. The number of rotatable bonds is 8. The van der Waals surface area contributed by atoms with E-state index in [9.17, 15) is 4.79 Å². The molecular formula is C20H25N3O3. The fourth-order valence-electron chi connectivity index (χ4n) is 2.78. The number of nitrogens with zero attached hydrogens (tertiary/aromatic N) is 2. The van der Waals surface area contributed by atoms with Crippen molar-refractivity contribution >= 4 is 5.91 Å². The first-order valence-electron chi connectivity index (χ1n) is 9.01. The molecule has 0 saturated carbocycles. The van der Waals surface area contributed by atoms with Crippen molar-refractivity contribution in [2.45, 2.75) is 13.0 Å². The minimum Gasteiger partial charge on any atom is -0.489 e. The topological polar surface area (TPSA) is 63.7 Å². The van der Waals surface area contributed by atoms with Crippen LogP contribution < -0.4 is 10.1 Å². The van der Waals surface area contributed by atoms with Crippen molar-refractivity contribution in [2.24, 2.45) is 0 Å². The second-order valence-electron chi connectivity index (χ2n) is 6.24. The molecular weight excluding hydrogens is 330 g/mol. The lowest BCUT2D eigenvalue weighted by atomic mass is 10.2. The average Bonchev–Trinajstić information content (AvgIpc) is 2.71. The highest BCUT2D eigenvalue weighted by atomic mass is 16.5. The molecule has 0 unspecified atom stereocenters. The maximum atomic E-state index is 12.2. The van der Waals surface area contributed by atoms with Crippen LogP contribution in [0.2, 0.25) is 0 Å². The van der Waals surface area contributed by atoms with Gasteiger partial charge < -0.3 is 14.8 Å². The highest BCUT2D eigenvalue weighted by molar-refractivity contribution is 5.94. The minimum atomic E-state index is -0.0502. The van der Waals surface area contributed by atoms with Crippen LogP contribution in [0, 0.1) is 0 Å². The van der Waals surface area contributed by atoms with E-state index in [1.165, 1.54) is 0 Å². The molecule has 2 aromatic rings. The number of morpholine rings is 1. The molecule has 26 heavy (non-hydrogen) atoms. The summed E-state index contributed by atoms with van der Waals surface area (Å²) in [5.41, 5.74) is 1.65. The van der Waals surface area contributed by atoms with Gasteiger partial charge in [-0.05, 0) is 43.3 Å². The maximum absolute atomic E-state index is 12.2. The first-order valence-corrected chi connectivity index (χ1v) is 9.01. The number of ether oxygens (including phenoxy) is 2. The van der Waals surface area contributed by atoms with Crippen molar-refractivity contribution in [3.8, 4) is 5.75 Å². The second kappa shape index (κ2) is 9.89. The molecule has 138 valence electrons. The van der Waals surface area contributed by atoms with Crippen LogP contribution in [0.4, 0.5) is 0 Å². The van der Waals surface area contributed by atoms with Gasteiger partial charge in [-0.15, -0.1) is 0 Å². The number of pyridine rings is 1. The third kappa shape index (κ3) is 5.82. The number of amides is 1. The molecule has 6 heteroatoms. The summed E-state index contributed by atoms with van der Waals surface area (Å²) in [4.78, 5) is 18.6. The average molecular weight is 355 g/mol. The van der Waals surface area contributed by atoms with Gasteiger partial charge in [0.05, 0.1) is 13.2 Å². The van der Waals surface area contributed by atoms with Crippen molar-refractivity contribution in [3.63, 3.8) is 0 Å². The van der Waals surface area contributed by atoms with E-state index in [1.54, 1.807) is 24.5 Å². The fraction of sp³-hybridized carbons (Fsp3) is 0.400. The Balaban J connectivity index is 1.37. The molecule has 1 aliphatic heterocycles. The summed E-state index contributed by atoms with van der Waals surface area (Å²) in [7, 11) is 0. The van der Waals surface area contributed by atoms with Crippen molar-refractivity contribution in [1.29, 1.82) is 0 Å². The molecule has 0 bridgehead atoms. The molecule has 1 saturated heterocycles. The number of hydrogen-bond acceptors (Lipinski definition) is 5. The summed E-state index contributed by atoms with van der Waals surface area (Å²) in [6.45, 7) is 5.70. The molecule has 3 rings (SSSR count). The predicted octanol–water partition coefficient (Wildman–Crippen LogP) is 2.11. The van der Waals surface area contributed by atoms with Crippen LogP contribution in [-0.4, -0.2) is 55.2 Å². The van der Waals surface area contributed by atoms with Crippen molar-refractivity contribution in [3.05, 3.63) is 59.9 Å². The molecule has 0 atom stereocenters. The first-order chi connectivity index (χ1) is 12.8. The van der Waals surface area contributed by atoms with Gasteiger partial charge in [0, 0.05) is 43.2 Å². The number of aromatic nitrogens is 1. The van der Waals surface area contributed by atoms with Gasteiger partial charge in [0.2, 0.25) is 0 Å². The Labute approximate surface area is 154 Å². The highest BCUT2D eigenvalue weighted by Crippen LogP contribution is 2.14. The van der Waals surface area contributed by atoms with Gasteiger partial charge in [-0.2, -0.15) is 0 Å². The summed E-state index contributed by atoms with van der Waals surface area (Å²) in [6, 6.07) is 11.1. The SMILES string of the molecule is O=C(NCCCN1CCOCC1)c1ccc(OCc2cccnc2)cc1. The monoisotopic (exact) mass is 355 g/mol. The zero-order valence-electron chi connectivity index (χ0n) is 14.9. The van der Waals surface area contributed by atoms with E-state index < -0.39 is 0 Å². The molecule has 1 fully saturated rings. The number of hydrogen-bond donors (Lipinski definition) is 1. The number of nitrogens with one attached hydrogen (secondary N) is 1. The molecule has 1 aromatic heterocycles. The molecule has 2 heterocycles. The quantitative estimate of drug-likeness (QED) is 0.735. The number of carbonyl (C=O) groups excluding carboxylic acids is 1. The summed E-state index contributed by atoms with van der Waals surface area (Å²) in [6.07, 6.45) is 4.45. The first kappa shape index (κ1) is 18.4. The van der Waals surface area contributed by atoms with Crippen LogP contribution in [-0.2, 0) is 11.3 Å². The van der Waals surface area contributed by atoms with E-state index in [1.807, 2.05) is 24.3 Å².